The number of carboxylic acids is 2. The van der Waals surface area contributed by atoms with Crippen molar-refractivity contribution in [2.75, 3.05) is 0 Å². The van der Waals surface area contributed by atoms with Gasteiger partial charge in [-0.3, -0.25) is 0 Å². The predicted molar refractivity (Wildman–Crippen MR) is 120 cm³/mol. The van der Waals surface area contributed by atoms with Gasteiger partial charge in [0.05, 0.1) is 11.1 Å². The average Bonchev–Trinajstić information content (AvgIpc) is 3.36. The third-order valence-corrected chi connectivity index (χ3v) is 5.33. The van der Waals surface area contributed by atoms with Crippen molar-refractivity contribution < 1.29 is 19.8 Å². The molecule has 0 heterocycles. The Morgan fingerprint density at radius 1 is 0.742 bits per heavy atom. The van der Waals surface area contributed by atoms with Gasteiger partial charge in [-0.1, -0.05) is 68.2 Å². The molecule has 2 N–H and O–H groups in total. The van der Waals surface area contributed by atoms with Crippen molar-refractivity contribution in [3.63, 3.8) is 0 Å². The van der Waals surface area contributed by atoms with E-state index in [0.29, 0.717) is 11.1 Å². The zero-order valence-electron chi connectivity index (χ0n) is 17.1. The SMILES string of the molecule is C#Cc1cccc(C(C)(C)c2cccc(C#C)c2C(=O)O)c1C(=O)O.c1cc2cc-2c1. The highest BCUT2D eigenvalue weighted by Crippen LogP contribution is 2.37. The molecular formula is C27H20O4. The fraction of sp³-hybridized carbons (Fsp3) is 0.111. The van der Waals surface area contributed by atoms with E-state index in [1.807, 2.05) is 0 Å². The van der Waals surface area contributed by atoms with Crippen molar-refractivity contribution in [2.24, 2.45) is 0 Å². The molecule has 4 rings (SSSR count). The zero-order chi connectivity index (χ0) is 22.8. The van der Waals surface area contributed by atoms with Gasteiger partial charge in [0.25, 0.3) is 0 Å². The Bertz CT molecular complexity index is 1190. The largest absolute Gasteiger partial charge is 0.478 e. The summed E-state index contributed by atoms with van der Waals surface area (Å²) in [5.74, 6) is 2.41. The van der Waals surface area contributed by atoms with Gasteiger partial charge in [0.1, 0.15) is 0 Å². The summed E-state index contributed by atoms with van der Waals surface area (Å²) < 4.78 is 0. The van der Waals surface area contributed by atoms with Gasteiger partial charge in [-0.2, -0.15) is 0 Å². The molecule has 0 saturated carbocycles. The van der Waals surface area contributed by atoms with Crippen LogP contribution in [0.5, 0.6) is 0 Å². The lowest BCUT2D eigenvalue weighted by atomic mass is 9.73. The quantitative estimate of drug-likeness (QED) is 0.464. The minimum atomic E-state index is -1.17. The summed E-state index contributed by atoms with van der Waals surface area (Å²) in [7, 11) is 0. The Balaban J connectivity index is 0.000000381. The van der Waals surface area contributed by atoms with E-state index in [2.05, 4.69) is 36.1 Å². The lowest BCUT2D eigenvalue weighted by Crippen LogP contribution is -2.26. The lowest BCUT2D eigenvalue weighted by molar-refractivity contribution is 0.0686. The normalized spacial score (nSPS) is 10.7. The van der Waals surface area contributed by atoms with E-state index in [0.717, 1.165) is 0 Å². The van der Waals surface area contributed by atoms with Crippen LogP contribution in [0.1, 0.15) is 56.8 Å². The first-order valence-corrected chi connectivity index (χ1v) is 9.49. The standard InChI is InChI=1S/C21H16O4.C6H4/c1-5-13-9-7-11-15(17(13)19(22)23)21(3,4)16-12-8-10-14(6-2)18(16)20(24)25;1-2-5-4-6(5)3-1/h1-2,7-12H,3-4H3,(H,22,23)(H,24,25);1-4H. The number of hydrogen-bond acceptors (Lipinski definition) is 2. The van der Waals surface area contributed by atoms with Crippen molar-refractivity contribution in [2.45, 2.75) is 19.3 Å². The van der Waals surface area contributed by atoms with Crippen LogP contribution < -0.4 is 0 Å². The molecule has 4 nitrogen and oxygen atoms in total. The molecule has 0 radical (unpaired) electrons. The van der Waals surface area contributed by atoms with Crippen molar-refractivity contribution >= 4 is 11.9 Å². The van der Waals surface area contributed by atoms with Crippen LogP contribution >= 0.6 is 0 Å². The first-order chi connectivity index (χ1) is 14.7. The zero-order valence-corrected chi connectivity index (χ0v) is 17.1. The van der Waals surface area contributed by atoms with Crippen LogP contribution in [0, 0.1) is 24.7 Å². The minimum absolute atomic E-state index is 0.0163. The van der Waals surface area contributed by atoms with E-state index in [4.69, 9.17) is 12.8 Å². The fourth-order valence-corrected chi connectivity index (χ4v) is 3.67. The van der Waals surface area contributed by atoms with Gasteiger partial charge in [-0.15, -0.1) is 12.8 Å². The van der Waals surface area contributed by atoms with Gasteiger partial charge in [0.2, 0.25) is 0 Å². The molecule has 0 saturated heterocycles. The molecule has 0 bridgehead atoms. The Hall–Kier alpha value is -4.28. The molecule has 0 spiro atoms. The highest BCUT2D eigenvalue weighted by atomic mass is 16.4. The topological polar surface area (TPSA) is 74.6 Å². The molecule has 0 unspecified atom stereocenters. The van der Waals surface area contributed by atoms with Crippen LogP contribution in [0.2, 0.25) is 0 Å². The van der Waals surface area contributed by atoms with Gasteiger partial charge in [-0.25, -0.2) is 9.59 Å². The van der Waals surface area contributed by atoms with Crippen molar-refractivity contribution in [3.8, 4) is 35.8 Å². The monoisotopic (exact) mass is 408 g/mol. The molecule has 0 aromatic heterocycles. The number of carboxylic acid groups (broad SMARTS) is 2. The molecule has 2 aliphatic rings. The van der Waals surface area contributed by atoms with Gasteiger partial charge >= 0.3 is 11.9 Å². The van der Waals surface area contributed by atoms with Crippen LogP contribution in [0.15, 0.2) is 60.7 Å². The molecule has 31 heavy (non-hydrogen) atoms. The van der Waals surface area contributed by atoms with E-state index in [-0.39, 0.29) is 22.3 Å². The fourth-order valence-electron chi connectivity index (χ4n) is 3.67. The minimum Gasteiger partial charge on any atom is -0.478 e. The molecular weight excluding hydrogens is 388 g/mol. The number of hydrogen-bond donors (Lipinski definition) is 2. The third-order valence-electron chi connectivity index (χ3n) is 5.33. The predicted octanol–water partition coefficient (Wildman–Crippen LogP) is 5.04. The summed E-state index contributed by atoms with van der Waals surface area (Å²) in [6.07, 6.45) is 10.9. The van der Waals surface area contributed by atoms with Gasteiger partial charge in [0.15, 0.2) is 0 Å². The number of carbonyl (C=O) groups is 2. The summed E-state index contributed by atoms with van der Waals surface area (Å²) in [4.78, 5) is 23.6. The maximum Gasteiger partial charge on any atom is 0.337 e. The second kappa shape index (κ2) is 8.22. The van der Waals surface area contributed by atoms with Crippen LogP contribution in [0.3, 0.4) is 0 Å². The summed E-state index contributed by atoms with van der Waals surface area (Å²) in [6.45, 7) is 3.49. The first-order valence-electron chi connectivity index (χ1n) is 9.49. The summed E-state index contributed by atoms with van der Waals surface area (Å²) in [5.41, 5.74) is 3.20. The number of benzene rings is 3. The highest BCUT2D eigenvalue weighted by Gasteiger charge is 2.33. The van der Waals surface area contributed by atoms with E-state index in [1.54, 1.807) is 50.2 Å². The summed E-state index contributed by atoms with van der Waals surface area (Å²) in [6, 6.07) is 18.2. The van der Waals surface area contributed by atoms with Crippen molar-refractivity contribution in [1.82, 2.24) is 0 Å². The second-order valence-electron chi connectivity index (χ2n) is 7.56. The summed E-state index contributed by atoms with van der Waals surface area (Å²) in [5, 5.41) is 19.2. The van der Waals surface area contributed by atoms with Crippen LogP contribution in [-0.4, -0.2) is 22.2 Å². The maximum atomic E-state index is 11.8. The average molecular weight is 408 g/mol. The van der Waals surface area contributed by atoms with Crippen molar-refractivity contribution in [1.29, 1.82) is 0 Å². The molecule has 0 aliphatic heterocycles. The van der Waals surface area contributed by atoms with Crippen LogP contribution in [0.4, 0.5) is 0 Å². The smallest absolute Gasteiger partial charge is 0.337 e. The Morgan fingerprint density at radius 2 is 1.13 bits per heavy atom. The molecule has 2 aromatic rings. The lowest BCUT2D eigenvalue weighted by Gasteiger charge is -2.30. The number of aromatic carboxylic acids is 2. The molecule has 2 aromatic carbocycles. The highest BCUT2D eigenvalue weighted by molar-refractivity contribution is 5.95. The Kier molecular flexibility index (Phi) is 5.68. The molecule has 0 amide bonds. The van der Waals surface area contributed by atoms with Crippen LogP contribution in [0.25, 0.3) is 11.1 Å². The summed E-state index contributed by atoms with van der Waals surface area (Å²) >= 11 is 0. The van der Waals surface area contributed by atoms with E-state index < -0.39 is 17.4 Å². The number of fused-ring (bicyclic) bond motifs is 1. The molecule has 4 heteroatoms. The number of terminal acetylenes is 2. The van der Waals surface area contributed by atoms with E-state index in [1.165, 1.54) is 11.1 Å². The maximum absolute atomic E-state index is 11.8. The molecule has 0 fully saturated rings. The van der Waals surface area contributed by atoms with Gasteiger partial charge in [0, 0.05) is 16.5 Å². The molecule has 0 atom stereocenters. The van der Waals surface area contributed by atoms with Crippen LogP contribution in [-0.2, 0) is 5.41 Å². The number of rotatable bonds is 4. The van der Waals surface area contributed by atoms with Gasteiger partial charge in [-0.05, 0) is 40.5 Å². The van der Waals surface area contributed by atoms with E-state index in [9.17, 15) is 19.8 Å². The second-order valence-corrected chi connectivity index (χ2v) is 7.56. The molecule has 152 valence electrons. The molecule has 2 aliphatic carbocycles. The third kappa shape index (κ3) is 4.06. The van der Waals surface area contributed by atoms with E-state index >= 15 is 0 Å². The Labute approximate surface area is 181 Å². The Morgan fingerprint density at radius 3 is 1.39 bits per heavy atom. The first kappa shape index (κ1) is 21.4. The van der Waals surface area contributed by atoms with Gasteiger partial charge < -0.3 is 10.2 Å². The van der Waals surface area contributed by atoms with Crippen molar-refractivity contribution in [3.05, 3.63) is 94.0 Å².